The highest BCUT2D eigenvalue weighted by molar-refractivity contribution is 5.85. The third-order valence-electron chi connectivity index (χ3n) is 7.64. The van der Waals surface area contributed by atoms with Gasteiger partial charge in [-0.1, -0.05) is 12.1 Å². The second-order valence-corrected chi connectivity index (χ2v) is 9.56. The Morgan fingerprint density at radius 2 is 2.11 bits per heavy atom. The van der Waals surface area contributed by atoms with E-state index >= 15 is 0 Å². The van der Waals surface area contributed by atoms with Crippen LogP contribution < -0.4 is 4.74 Å². The number of nitriles is 1. The highest BCUT2D eigenvalue weighted by Gasteiger charge is 2.39. The minimum atomic E-state index is -0.101. The molecule has 0 bridgehead atoms. The van der Waals surface area contributed by atoms with E-state index in [1.165, 1.54) is 5.56 Å². The molecule has 1 unspecified atom stereocenters. The van der Waals surface area contributed by atoms with Crippen LogP contribution in [-0.4, -0.2) is 81.9 Å². The number of fused-ring (bicyclic) bond motifs is 2. The minimum Gasteiger partial charge on any atom is -0.495 e. The predicted octanol–water partition coefficient (Wildman–Crippen LogP) is 1.86. The van der Waals surface area contributed by atoms with Crippen LogP contribution >= 0.6 is 0 Å². The predicted molar refractivity (Wildman–Crippen MR) is 129 cm³/mol. The summed E-state index contributed by atoms with van der Waals surface area (Å²) in [6.07, 6.45) is 3.18. The summed E-state index contributed by atoms with van der Waals surface area (Å²) >= 11 is 0. The molecule has 2 aromatic carbocycles. The van der Waals surface area contributed by atoms with Crippen molar-refractivity contribution in [2.24, 2.45) is 0 Å². The van der Waals surface area contributed by atoms with Gasteiger partial charge in [-0.2, -0.15) is 5.26 Å². The van der Waals surface area contributed by atoms with Crippen LogP contribution in [0.2, 0.25) is 0 Å². The summed E-state index contributed by atoms with van der Waals surface area (Å²) in [5.74, 6) is 0.678. The Hall–Kier alpha value is -3.81. The lowest BCUT2D eigenvalue weighted by Crippen LogP contribution is -2.60. The number of carbonyl (C=O) groups excluding carboxylic acids is 1. The average molecular weight is 486 g/mol. The number of ether oxygens (including phenoxy) is 2. The molecular formula is C26H27N7O3. The summed E-state index contributed by atoms with van der Waals surface area (Å²) in [5, 5.41) is 20.8. The summed E-state index contributed by atoms with van der Waals surface area (Å²) in [6, 6.07) is 14.1. The van der Waals surface area contributed by atoms with E-state index < -0.39 is 0 Å². The van der Waals surface area contributed by atoms with Crippen LogP contribution in [0.3, 0.4) is 0 Å². The largest absolute Gasteiger partial charge is 0.495 e. The molecule has 3 aliphatic rings. The van der Waals surface area contributed by atoms with Crippen LogP contribution in [-0.2, 0) is 16.0 Å². The van der Waals surface area contributed by atoms with Gasteiger partial charge in [0.05, 0.1) is 43.0 Å². The number of tetrazole rings is 1. The van der Waals surface area contributed by atoms with Gasteiger partial charge in [-0.3, -0.25) is 9.69 Å². The quantitative estimate of drug-likeness (QED) is 0.551. The van der Waals surface area contributed by atoms with Gasteiger partial charge < -0.3 is 14.4 Å². The number of hydrogen-bond acceptors (Lipinski definition) is 8. The molecule has 0 saturated carbocycles. The van der Waals surface area contributed by atoms with Crippen LogP contribution in [0.25, 0.3) is 5.69 Å². The zero-order valence-electron chi connectivity index (χ0n) is 20.1. The summed E-state index contributed by atoms with van der Waals surface area (Å²) in [6.45, 7) is 3.50. The van der Waals surface area contributed by atoms with Crippen LogP contribution in [0.5, 0.6) is 5.75 Å². The average Bonchev–Trinajstić information content (AvgIpc) is 3.62. The van der Waals surface area contributed by atoms with Crippen molar-refractivity contribution in [1.29, 1.82) is 5.26 Å². The van der Waals surface area contributed by atoms with Gasteiger partial charge in [-0.15, -0.1) is 5.10 Å². The first kappa shape index (κ1) is 22.6. The Morgan fingerprint density at radius 3 is 2.92 bits per heavy atom. The van der Waals surface area contributed by atoms with Gasteiger partial charge in [0.2, 0.25) is 5.91 Å². The van der Waals surface area contributed by atoms with Crippen molar-refractivity contribution in [2.75, 3.05) is 39.9 Å². The molecule has 3 heterocycles. The topological polar surface area (TPSA) is 109 Å². The van der Waals surface area contributed by atoms with Crippen molar-refractivity contribution < 1.29 is 14.3 Å². The Morgan fingerprint density at radius 1 is 1.19 bits per heavy atom. The normalized spacial score (nSPS) is 23.6. The highest BCUT2D eigenvalue weighted by Crippen LogP contribution is 2.37. The molecule has 2 saturated heterocycles. The second-order valence-electron chi connectivity index (χ2n) is 9.56. The molecule has 10 heteroatoms. The number of piperazine rings is 1. The third-order valence-corrected chi connectivity index (χ3v) is 7.64. The van der Waals surface area contributed by atoms with Gasteiger partial charge in [-0.05, 0) is 64.2 Å². The Labute approximate surface area is 209 Å². The molecule has 6 rings (SSSR count). The van der Waals surface area contributed by atoms with E-state index in [9.17, 15) is 10.1 Å². The number of rotatable bonds is 4. The number of aryl methyl sites for hydroxylation is 1. The molecule has 10 nitrogen and oxygen atoms in total. The Kier molecular flexibility index (Phi) is 5.87. The van der Waals surface area contributed by atoms with E-state index in [2.05, 4.69) is 38.6 Å². The fourth-order valence-corrected chi connectivity index (χ4v) is 5.70. The minimum absolute atomic E-state index is 0.0994. The second kappa shape index (κ2) is 9.33. The van der Waals surface area contributed by atoms with E-state index in [1.54, 1.807) is 18.1 Å². The van der Waals surface area contributed by atoms with Crippen molar-refractivity contribution in [2.45, 2.75) is 30.9 Å². The van der Waals surface area contributed by atoms with Crippen molar-refractivity contribution in [3.8, 4) is 17.5 Å². The monoisotopic (exact) mass is 485 g/mol. The molecular weight excluding hydrogens is 458 g/mol. The lowest BCUT2D eigenvalue weighted by Gasteiger charge is -2.46. The number of methoxy groups -OCH3 is 1. The van der Waals surface area contributed by atoms with Gasteiger partial charge in [0, 0.05) is 26.2 Å². The first-order chi connectivity index (χ1) is 17.6. The third kappa shape index (κ3) is 4.00. The van der Waals surface area contributed by atoms with Crippen LogP contribution in [0.4, 0.5) is 0 Å². The standard InChI is InChI=1S/C26H27N7O3/c1-35-24-7-3-18(10-19(24)12-27)25-14-31-8-9-32(13-21(31)15-36-25)26(34)23-5-2-17-11-20(4-6-22(17)23)33-16-28-29-30-33/h3-4,6-7,10-11,16,21,23,25H,2,5,8-9,13-15H2,1H3/t21-,23?,25-/m0/s1. The molecule has 36 heavy (non-hydrogen) atoms. The SMILES string of the molecule is COc1ccc([C@@H]2CN3CCN(C(=O)C4CCc5cc(-n6cnnn6)ccc54)C[C@H]3CO2)cc1C#N. The number of nitrogens with zero attached hydrogens (tertiary/aromatic N) is 7. The summed E-state index contributed by atoms with van der Waals surface area (Å²) in [4.78, 5) is 18.0. The maximum atomic E-state index is 13.6. The van der Waals surface area contributed by atoms with Crippen molar-refractivity contribution in [3.05, 3.63) is 65.0 Å². The summed E-state index contributed by atoms with van der Waals surface area (Å²) in [5.41, 5.74) is 4.71. The molecule has 0 N–H and O–H groups in total. The molecule has 184 valence electrons. The number of benzene rings is 2. The van der Waals surface area contributed by atoms with Gasteiger partial charge >= 0.3 is 0 Å². The fraction of sp³-hybridized carbons (Fsp3) is 0.423. The molecule has 3 aromatic rings. The lowest BCUT2D eigenvalue weighted by atomic mass is 9.97. The van der Waals surface area contributed by atoms with Crippen molar-refractivity contribution >= 4 is 5.91 Å². The number of hydrogen-bond donors (Lipinski definition) is 0. The maximum absolute atomic E-state index is 13.6. The molecule has 1 aromatic heterocycles. The van der Waals surface area contributed by atoms with E-state index in [0.29, 0.717) is 31.0 Å². The van der Waals surface area contributed by atoms with Gasteiger partial charge in [0.25, 0.3) is 0 Å². The molecule has 1 amide bonds. The van der Waals surface area contributed by atoms with Gasteiger partial charge in [0.1, 0.15) is 18.1 Å². The molecule has 0 radical (unpaired) electrons. The van der Waals surface area contributed by atoms with E-state index in [0.717, 1.165) is 42.7 Å². The molecule has 2 fully saturated rings. The number of amides is 1. The Bertz CT molecular complexity index is 1320. The van der Waals surface area contributed by atoms with Crippen molar-refractivity contribution in [3.63, 3.8) is 0 Å². The van der Waals surface area contributed by atoms with Crippen LogP contribution in [0.1, 0.15) is 40.7 Å². The lowest BCUT2D eigenvalue weighted by molar-refractivity contribution is -0.141. The van der Waals surface area contributed by atoms with Crippen LogP contribution in [0.15, 0.2) is 42.7 Å². The fourth-order valence-electron chi connectivity index (χ4n) is 5.70. The van der Waals surface area contributed by atoms with Gasteiger partial charge in [-0.25, -0.2) is 4.68 Å². The number of carbonyl (C=O) groups is 1. The van der Waals surface area contributed by atoms with Crippen molar-refractivity contribution in [1.82, 2.24) is 30.0 Å². The first-order valence-electron chi connectivity index (χ1n) is 12.2. The summed E-state index contributed by atoms with van der Waals surface area (Å²) in [7, 11) is 1.57. The molecule has 0 spiro atoms. The summed E-state index contributed by atoms with van der Waals surface area (Å²) < 4.78 is 13.1. The Balaban J connectivity index is 1.11. The molecule has 2 aliphatic heterocycles. The highest BCUT2D eigenvalue weighted by atomic mass is 16.5. The molecule has 3 atom stereocenters. The smallest absolute Gasteiger partial charge is 0.230 e. The van der Waals surface area contributed by atoms with Gasteiger partial charge in [0.15, 0.2) is 0 Å². The van der Waals surface area contributed by atoms with Crippen LogP contribution in [0, 0.1) is 11.3 Å². The first-order valence-corrected chi connectivity index (χ1v) is 12.2. The molecule has 1 aliphatic carbocycles. The number of morpholine rings is 1. The van der Waals surface area contributed by atoms with E-state index in [-0.39, 0.29) is 24.0 Å². The number of aromatic nitrogens is 4. The zero-order valence-corrected chi connectivity index (χ0v) is 20.1. The zero-order chi connectivity index (χ0) is 24.6. The van der Waals surface area contributed by atoms with E-state index in [4.69, 9.17) is 9.47 Å². The maximum Gasteiger partial charge on any atom is 0.230 e. The van der Waals surface area contributed by atoms with E-state index in [1.807, 2.05) is 29.2 Å².